The Labute approximate surface area is 139 Å². The lowest BCUT2D eigenvalue weighted by Crippen LogP contribution is -2.34. The van der Waals surface area contributed by atoms with Gasteiger partial charge in [0, 0.05) is 30.9 Å². The van der Waals surface area contributed by atoms with Crippen molar-refractivity contribution in [1.82, 2.24) is 20.0 Å². The van der Waals surface area contributed by atoms with Crippen molar-refractivity contribution >= 4 is 5.91 Å². The molecule has 0 radical (unpaired) electrons. The third-order valence-electron chi connectivity index (χ3n) is 5.65. The van der Waals surface area contributed by atoms with Crippen LogP contribution >= 0.6 is 0 Å². The highest BCUT2D eigenvalue weighted by molar-refractivity contribution is 5.93. The van der Waals surface area contributed by atoms with E-state index in [1.807, 2.05) is 0 Å². The van der Waals surface area contributed by atoms with Crippen molar-refractivity contribution in [2.45, 2.75) is 64.0 Å². The molecule has 1 unspecified atom stereocenters. The lowest BCUT2D eigenvalue weighted by atomic mass is 9.88. The molecule has 1 aromatic heterocycles. The molecule has 5 nitrogen and oxygen atoms in total. The monoisotopic (exact) mass is 318 g/mol. The molecule has 0 aliphatic heterocycles. The highest BCUT2D eigenvalue weighted by atomic mass is 16.1. The van der Waals surface area contributed by atoms with Crippen LogP contribution in [0.4, 0.5) is 0 Å². The van der Waals surface area contributed by atoms with Crippen LogP contribution in [0.25, 0.3) is 0 Å². The average molecular weight is 318 g/mol. The minimum atomic E-state index is -0.0388. The topological polar surface area (TPSA) is 50.2 Å². The number of amides is 1. The fourth-order valence-electron chi connectivity index (χ4n) is 4.18. The molecule has 3 rings (SSSR count). The molecule has 0 bridgehead atoms. The molecule has 1 amide bonds. The summed E-state index contributed by atoms with van der Waals surface area (Å²) in [5, 5.41) is 7.50. The van der Waals surface area contributed by atoms with Gasteiger partial charge in [-0.2, -0.15) is 5.10 Å². The predicted octanol–water partition coefficient (Wildman–Crippen LogP) is 2.24. The number of nitrogens with zero attached hydrogens (tertiary/aromatic N) is 3. The van der Waals surface area contributed by atoms with Gasteiger partial charge in [-0.1, -0.05) is 19.3 Å². The molecule has 2 aliphatic rings. The average Bonchev–Trinajstić information content (AvgIpc) is 2.93. The summed E-state index contributed by atoms with van der Waals surface area (Å²) in [6.45, 7) is 0.992. The summed E-state index contributed by atoms with van der Waals surface area (Å²) in [6.07, 6.45) is 9.82. The summed E-state index contributed by atoms with van der Waals surface area (Å²) in [7, 11) is 5.95. The normalized spacial score (nSPS) is 22.2. The second kappa shape index (κ2) is 7.04. The van der Waals surface area contributed by atoms with Gasteiger partial charge in [-0.25, -0.2) is 0 Å². The molecule has 0 spiro atoms. The molecule has 5 heteroatoms. The van der Waals surface area contributed by atoms with Gasteiger partial charge in [0.05, 0.1) is 0 Å². The van der Waals surface area contributed by atoms with E-state index >= 15 is 0 Å². The minimum Gasteiger partial charge on any atom is -0.354 e. The number of likely N-dealkylation sites (N-methyl/N-ethyl adjacent to an activating group) is 1. The van der Waals surface area contributed by atoms with Crippen LogP contribution in [0.2, 0.25) is 0 Å². The highest BCUT2D eigenvalue weighted by Crippen LogP contribution is 2.30. The molecular formula is C18H30N4O. The third kappa shape index (κ3) is 3.44. The molecule has 1 atom stereocenters. The Morgan fingerprint density at radius 1 is 1.26 bits per heavy atom. The van der Waals surface area contributed by atoms with Gasteiger partial charge >= 0.3 is 0 Å². The van der Waals surface area contributed by atoms with Crippen LogP contribution in [0.5, 0.6) is 0 Å². The zero-order valence-corrected chi connectivity index (χ0v) is 14.8. The first-order valence-electron chi connectivity index (χ1n) is 9.07. The van der Waals surface area contributed by atoms with Gasteiger partial charge in [0.15, 0.2) is 5.69 Å². The molecule has 23 heavy (non-hydrogen) atoms. The Balaban J connectivity index is 1.87. The second-order valence-corrected chi connectivity index (χ2v) is 7.40. The lowest BCUT2D eigenvalue weighted by Gasteiger charge is -2.29. The van der Waals surface area contributed by atoms with Gasteiger partial charge < -0.3 is 10.2 Å². The number of rotatable bonds is 4. The Kier molecular flexibility index (Phi) is 5.05. The molecule has 1 fully saturated rings. The van der Waals surface area contributed by atoms with Crippen LogP contribution < -0.4 is 5.32 Å². The first kappa shape index (κ1) is 16.5. The molecule has 2 aliphatic carbocycles. The molecule has 1 aromatic rings. The Bertz CT molecular complexity index is 558. The van der Waals surface area contributed by atoms with Gasteiger partial charge in [-0.15, -0.1) is 0 Å². The smallest absolute Gasteiger partial charge is 0.271 e. The summed E-state index contributed by atoms with van der Waals surface area (Å²) < 4.78 is 2.17. The quantitative estimate of drug-likeness (QED) is 0.926. The van der Waals surface area contributed by atoms with Crippen LogP contribution in [0.3, 0.4) is 0 Å². The van der Waals surface area contributed by atoms with E-state index in [0.29, 0.717) is 11.7 Å². The van der Waals surface area contributed by atoms with Crippen molar-refractivity contribution in [3.63, 3.8) is 0 Å². The molecule has 0 saturated heterocycles. The van der Waals surface area contributed by atoms with Crippen molar-refractivity contribution in [2.75, 3.05) is 21.1 Å². The van der Waals surface area contributed by atoms with E-state index in [0.717, 1.165) is 31.7 Å². The summed E-state index contributed by atoms with van der Waals surface area (Å²) >= 11 is 0. The molecule has 1 saturated carbocycles. The van der Waals surface area contributed by atoms with E-state index < -0.39 is 0 Å². The first-order chi connectivity index (χ1) is 11.1. The second-order valence-electron chi connectivity index (χ2n) is 7.40. The summed E-state index contributed by atoms with van der Waals surface area (Å²) in [5.41, 5.74) is 3.15. The van der Waals surface area contributed by atoms with E-state index in [1.54, 1.807) is 7.05 Å². The standard InChI is InChI=1S/C18H30N4O/c1-19-18(23)17-15-11-14(21(2)3)9-10-16(15)22(20-17)12-13-7-5-4-6-8-13/h13-14H,4-12H2,1-3H3,(H,19,23). The summed E-state index contributed by atoms with van der Waals surface area (Å²) in [4.78, 5) is 14.5. The van der Waals surface area contributed by atoms with Crippen molar-refractivity contribution in [3.8, 4) is 0 Å². The van der Waals surface area contributed by atoms with Crippen molar-refractivity contribution in [2.24, 2.45) is 5.92 Å². The number of hydrogen-bond acceptors (Lipinski definition) is 3. The van der Waals surface area contributed by atoms with Gasteiger partial charge in [-0.3, -0.25) is 9.48 Å². The molecular weight excluding hydrogens is 288 g/mol. The van der Waals surface area contributed by atoms with Crippen molar-refractivity contribution in [3.05, 3.63) is 17.0 Å². The largest absolute Gasteiger partial charge is 0.354 e. The zero-order valence-electron chi connectivity index (χ0n) is 14.8. The number of fused-ring (bicyclic) bond motifs is 1. The fraction of sp³-hybridized carbons (Fsp3) is 0.778. The number of aromatic nitrogens is 2. The maximum atomic E-state index is 12.3. The van der Waals surface area contributed by atoms with E-state index in [2.05, 4.69) is 29.0 Å². The van der Waals surface area contributed by atoms with E-state index in [4.69, 9.17) is 5.10 Å². The van der Waals surface area contributed by atoms with Crippen molar-refractivity contribution < 1.29 is 4.79 Å². The Hall–Kier alpha value is -1.36. The van der Waals surface area contributed by atoms with Gasteiger partial charge in [0.25, 0.3) is 5.91 Å². The third-order valence-corrected chi connectivity index (χ3v) is 5.65. The summed E-state index contributed by atoms with van der Waals surface area (Å²) in [6, 6.07) is 0.512. The minimum absolute atomic E-state index is 0.0388. The van der Waals surface area contributed by atoms with Crippen molar-refractivity contribution in [1.29, 1.82) is 0 Å². The number of nitrogens with one attached hydrogen (secondary N) is 1. The van der Waals surface area contributed by atoms with Crippen LogP contribution in [-0.4, -0.2) is 47.8 Å². The molecule has 0 aromatic carbocycles. The Morgan fingerprint density at radius 2 is 2.00 bits per heavy atom. The first-order valence-corrected chi connectivity index (χ1v) is 9.07. The van der Waals surface area contributed by atoms with Gasteiger partial charge in [-0.05, 0) is 52.1 Å². The maximum Gasteiger partial charge on any atom is 0.271 e. The van der Waals surface area contributed by atoms with Crippen LogP contribution in [0.1, 0.15) is 60.3 Å². The van der Waals surface area contributed by atoms with Crippen LogP contribution in [0, 0.1) is 5.92 Å². The molecule has 1 heterocycles. The molecule has 1 N–H and O–H groups in total. The van der Waals surface area contributed by atoms with E-state index in [9.17, 15) is 4.79 Å². The number of carbonyl (C=O) groups excluding carboxylic acids is 1. The number of hydrogen-bond donors (Lipinski definition) is 1. The zero-order chi connectivity index (χ0) is 16.4. The number of carbonyl (C=O) groups is 1. The molecule has 128 valence electrons. The predicted molar refractivity (Wildman–Crippen MR) is 91.7 cm³/mol. The fourth-order valence-corrected chi connectivity index (χ4v) is 4.18. The van der Waals surface area contributed by atoms with Crippen LogP contribution in [0.15, 0.2) is 0 Å². The highest BCUT2D eigenvalue weighted by Gasteiger charge is 2.30. The SMILES string of the molecule is CNC(=O)c1nn(CC2CCCCC2)c2c1CC(N(C)C)CC2. The van der Waals surface area contributed by atoms with Gasteiger partial charge in [0.1, 0.15) is 0 Å². The maximum absolute atomic E-state index is 12.3. The Morgan fingerprint density at radius 3 is 2.65 bits per heavy atom. The summed E-state index contributed by atoms with van der Waals surface area (Å²) in [5.74, 6) is 0.694. The lowest BCUT2D eigenvalue weighted by molar-refractivity contribution is 0.0955. The van der Waals surface area contributed by atoms with E-state index in [-0.39, 0.29) is 5.91 Å². The van der Waals surface area contributed by atoms with E-state index in [1.165, 1.54) is 43.4 Å². The van der Waals surface area contributed by atoms with Gasteiger partial charge in [0.2, 0.25) is 0 Å². The van der Waals surface area contributed by atoms with Crippen LogP contribution in [-0.2, 0) is 19.4 Å².